The Balaban J connectivity index is 1.63. The van der Waals surface area contributed by atoms with Gasteiger partial charge in [-0.2, -0.15) is 0 Å². The monoisotopic (exact) mass is 428 g/mol. The van der Waals surface area contributed by atoms with E-state index < -0.39 is 16.6 Å². The molecule has 158 valence electrons. The number of ether oxygens (including phenoxy) is 1. The Morgan fingerprint density at radius 3 is 3.07 bits per heavy atom. The molecule has 0 amide bonds. The maximum absolute atomic E-state index is 14.0. The number of hydrogen-bond acceptors (Lipinski definition) is 5. The molecular weight excluding hydrogens is 403 g/mol. The molecule has 2 N–H and O–H groups in total. The Morgan fingerprint density at radius 2 is 2.27 bits per heavy atom. The molecule has 1 aliphatic heterocycles. The van der Waals surface area contributed by atoms with Crippen LogP contribution in [0.15, 0.2) is 48.1 Å². The van der Waals surface area contributed by atoms with Crippen LogP contribution in [-0.4, -0.2) is 40.3 Å². The van der Waals surface area contributed by atoms with E-state index in [0.717, 1.165) is 37.2 Å². The highest BCUT2D eigenvalue weighted by molar-refractivity contribution is 7.84. The molecule has 3 aromatic rings. The molecule has 0 bridgehead atoms. The standard InChI is InChI=1S/C22H25FN4O2S/c1-3-4-11-27(19-9-5-7-15-8-6-10-24-21(15)19)14-30(28)22-25-17-12-16(23)20(29-2)13-18(17)26-22/h3,5,7,9,12-13,24H,1,4,6,8,10-11,14H2,2H3,(H,25,26). The van der Waals surface area contributed by atoms with Crippen LogP contribution in [0, 0.1) is 5.82 Å². The molecule has 1 atom stereocenters. The highest BCUT2D eigenvalue weighted by atomic mass is 32.2. The number of nitrogens with zero attached hydrogens (tertiary/aromatic N) is 2. The van der Waals surface area contributed by atoms with Gasteiger partial charge in [0.1, 0.15) is 16.7 Å². The minimum atomic E-state index is -1.43. The van der Waals surface area contributed by atoms with Crippen molar-refractivity contribution >= 4 is 33.2 Å². The molecule has 0 aliphatic carbocycles. The lowest BCUT2D eigenvalue weighted by Crippen LogP contribution is -2.30. The van der Waals surface area contributed by atoms with Crippen molar-refractivity contribution in [2.45, 2.75) is 24.4 Å². The Morgan fingerprint density at radius 1 is 1.40 bits per heavy atom. The van der Waals surface area contributed by atoms with Crippen LogP contribution < -0.4 is 15.0 Å². The van der Waals surface area contributed by atoms with Gasteiger partial charge in [-0.15, -0.1) is 6.58 Å². The number of H-pyrrole nitrogens is 1. The van der Waals surface area contributed by atoms with Gasteiger partial charge >= 0.3 is 0 Å². The van der Waals surface area contributed by atoms with Crippen LogP contribution >= 0.6 is 0 Å². The molecule has 0 fully saturated rings. The molecule has 6 nitrogen and oxygen atoms in total. The van der Waals surface area contributed by atoms with Crippen LogP contribution in [0.1, 0.15) is 18.4 Å². The predicted molar refractivity (Wildman–Crippen MR) is 119 cm³/mol. The van der Waals surface area contributed by atoms with E-state index in [1.165, 1.54) is 24.8 Å². The number of aromatic nitrogens is 2. The molecule has 0 radical (unpaired) electrons. The van der Waals surface area contributed by atoms with Crippen molar-refractivity contribution < 1.29 is 13.3 Å². The fourth-order valence-corrected chi connectivity index (χ4v) is 4.81. The third-order valence-corrected chi connectivity index (χ3v) is 6.39. The molecule has 0 spiro atoms. The van der Waals surface area contributed by atoms with Crippen molar-refractivity contribution in [1.82, 2.24) is 9.97 Å². The summed E-state index contributed by atoms with van der Waals surface area (Å²) in [6, 6.07) is 9.05. The van der Waals surface area contributed by atoms with Gasteiger partial charge in [0, 0.05) is 25.2 Å². The second kappa shape index (κ2) is 8.87. The van der Waals surface area contributed by atoms with E-state index in [0.29, 0.717) is 22.7 Å². The number of hydrogen-bond donors (Lipinski definition) is 2. The first-order valence-corrected chi connectivity index (χ1v) is 11.3. The van der Waals surface area contributed by atoms with Crippen LogP contribution in [0.25, 0.3) is 11.0 Å². The molecule has 8 heteroatoms. The first-order chi connectivity index (χ1) is 14.6. The lowest BCUT2D eigenvalue weighted by atomic mass is 10.0. The number of halogens is 1. The lowest BCUT2D eigenvalue weighted by molar-refractivity contribution is 0.387. The first kappa shape index (κ1) is 20.4. The molecule has 1 unspecified atom stereocenters. The summed E-state index contributed by atoms with van der Waals surface area (Å²) in [6.45, 7) is 5.44. The van der Waals surface area contributed by atoms with Crippen LogP contribution in [0.3, 0.4) is 0 Å². The van der Waals surface area contributed by atoms with Gasteiger partial charge in [-0.25, -0.2) is 13.6 Å². The summed E-state index contributed by atoms with van der Waals surface area (Å²) in [7, 11) is -0.0274. The fraction of sp³-hybridized carbons (Fsp3) is 0.318. The van der Waals surface area contributed by atoms with Crippen molar-refractivity contribution in [2.24, 2.45) is 0 Å². The van der Waals surface area contributed by atoms with Gasteiger partial charge in [0.25, 0.3) is 0 Å². The summed E-state index contributed by atoms with van der Waals surface area (Å²) in [6.07, 6.45) is 4.76. The highest BCUT2D eigenvalue weighted by Gasteiger charge is 2.21. The number of imidazole rings is 1. The van der Waals surface area contributed by atoms with Crippen LogP contribution in [0.5, 0.6) is 5.75 Å². The van der Waals surface area contributed by atoms with Crippen LogP contribution in [0.2, 0.25) is 0 Å². The van der Waals surface area contributed by atoms with Gasteiger partial charge in [0.2, 0.25) is 0 Å². The Kier molecular flexibility index (Phi) is 6.03. The minimum Gasteiger partial charge on any atom is -0.494 e. The first-order valence-electron chi connectivity index (χ1n) is 9.94. The molecule has 1 aliphatic rings. The number of benzene rings is 2. The van der Waals surface area contributed by atoms with Gasteiger partial charge in [-0.3, -0.25) is 0 Å². The van der Waals surface area contributed by atoms with Gasteiger partial charge in [-0.05, 0) is 30.9 Å². The van der Waals surface area contributed by atoms with Crippen LogP contribution in [-0.2, 0) is 17.2 Å². The maximum atomic E-state index is 14.0. The highest BCUT2D eigenvalue weighted by Crippen LogP contribution is 2.33. The molecule has 2 aromatic carbocycles. The van der Waals surface area contributed by atoms with E-state index in [1.807, 2.05) is 12.1 Å². The zero-order valence-electron chi connectivity index (χ0n) is 16.9. The second-order valence-corrected chi connectivity index (χ2v) is 8.54. The minimum absolute atomic E-state index is 0.112. The average molecular weight is 429 g/mol. The summed E-state index contributed by atoms with van der Waals surface area (Å²) >= 11 is 0. The number of rotatable bonds is 8. The van der Waals surface area contributed by atoms with E-state index in [4.69, 9.17) is 4.74 Å². The summed E-state index contributed by atoms with van der Waals surface area (Å²) in [5.74, 6) is -0.104. The van der Waals surface area contributed by atoms with E-state index >= 15 is 0 Å². The van der Waals surface area contributed by atoms with E-state index in [9.17, 15) is 8.60 Å². The summed E-state index contributed by atoms with van der Waals surface area (Å²) in [4.78, 5) is 9.51. The molecule has 2 heterocycles. The smallest absolute Gasteiger partial charge is 0.199 e. The maximum Gasteiger partial charge on any atom is 0.199 e. The summed E-state index contributed by atoms with van der Waals surface area (Å²) in [5, 5.41) is 3.81. The number of methoxy groups -OCH3 is 1. The molecular formula is C22H25FN4O2S. The lowest BCUT2D eigenvalue weighted by Gasteiger charge is -2.29. The Bertz CT molecular complexity index is 1100. The quantitative estimate of drug-likeness (QED) is 0.526. The number of aryl methyl sites for hydroxylation is 1. The topological polar surface area (TPSA) is 70.2 Å². The van der Waals surface area contributed by atoms with Crippen molar-refractivity contribution in [3.05, 3.63) is 54.4 Å². The number of para-hydroxylation sites is 1. The number of fused-ring (bicyclic) bond motifs is 2. The number of anilines is 2. The summed E-state index contributed by atoms with van der Waals surface area (Å²) in [5.41, 5.74) is 4.44. The fourth-order valence-electron chi connectivity index (χ4n) is 3.71. The summed E-state index contributed by atoms with van der Waals surface area (Å²) < 4.78 is 32.2. The van der Waals surface area contributed by atoms with E-state index in [2.05, 4.69) is 38.9 Å². The van der Waals surface area contributed by atoms with E-state index in [1.54, 1.807) is 0 Å². The Labute approximate surface area is 177 Å². The van der Waals surface area contributed by atoms with Crippen LogP contribution in [0.4, 0.5) is 15.8 Å². The zero-order valence-corrected chi connectivity index (χ0v) is 17.7. The molecule has 0 saturated carbocycles. The number of aromatic amines is 1. The van der Waals surface area contributed by atoms with Gasteiger partial charge in [-0.1, -0.05) is 18.2 Å². The SMILES string of the molecule is C=CCCN(CS(=O)c1nc2cc(OC)c(F)cc2[nH]1)c1cccc2c1NCCC2. The van der Waals surface area contributed by atoms with Crippen molar-refractivity contribution in [3.8, 4) is 5.75 Å². The molecule has 4 rings (SSSR count). The largest absolute Gasteiger partial charge is 0.494 e. The third-order valence-electron chi connectivity index (χ3n) is 5.22. The van der Waals surface area contributed by atoms with Crippen molar-refractivity contribution in [1.29, 1.82) is 0 Å². The third kappa shape index (κ3) is 4.05. The second-order valence-electron chi connectivity index (χ2n) is 7.20. The Hall–Kier alpha value is -2.87. The molecule has 0 saturated heterocycles. The zero-order chi connectivity index (χ0) is 21.1. The normalized spacial score (nSPS) is 14.1. The van der Waals surface area contributed by atoms with Gasteiger partial charge < -0.3 is 19.9 Å². The van der Waals surface area contributed by atoms with E-state index in [-0.39, 0.29) is 11.6 Å². The molecule has 1 aromatic heterocycles. The average Bonchev–Trinajstić information content (AvgIpc) is 3.18. The van der Waals surface area contributed by atoms with Gasteiger partial charge in [0.15, 0.2) is 16.7 Å². The van der Waals surface area contributed by atoms with Crippen molar-refractivity contribution in [3.63, 3.8) is 0 Å². The molecule has 30 heavy (non-hydrogen) atoms. The van der Waals surface area contributed by atoms with Crippen molar-refractivity contribution in [2.75, 3.05) is 36.3 Å². The predicted octanol–water partition coefficient (Wildman–Crippen LogP) is 4.22. The van der Waals surface area contributed by atoms with Gasteiger partial charge in [0.05, 0.1) is 29.5 Å². The number of nitrogens with one attached hydrogen (secondary N) is 2.